The molecule has 3 aromatic carbocycles. The number of carbonyl (C=O) groups is 1. The number of hydrazone groups is 1. The van der Waals surface area contributed by atoms with Crippen molar-refractivity contribution >= 4 is 47.3 Å². The number of aromatic nitrogens is 3. The highest BCUT2D eigenvalue weighted by Crippen LogP contribution is 2.19. The van der Waals surface area contributed by atoms with E-state index in [9.17, 15) is 4.79 Å². The van der Waals surface area contributed by atoms with Gasteiger partial charge in [0, 0.05) is 23.8 Å². The van der Waals surface area contributed by atoms with Gasteiger partial charge in [-0.15, -0.1) is 0 Å². The van der Waals surface area contributed by atoms with Gasteiger partial charge in [-0.1, -0.05) is 29.8 Å². The second-order valence-corrected chi connectivity index (χ2v) is 8.64. The molecular weight excluding hydrogens is 506 g/mol. The number of nitrogens with zero attached hydrogens (tertiary/aromatic N) is 5. The number of hydrogen-bond donors (Lipinski definition) is 2. The first-order valence-corrected chi connectivity index (χ1v) is 12.3. The van der Waals surface area contributed by atoms with Crippen molar-refractivity contribution in [1.29, 1.82) is 0 Å². The van der Waals surface area contributed by atoms with Crippen LogP contribution in [0.4, 0.5) is 23.5 Å². The second kappa shape index (κ2) is 12.1. The van der Waals surface area contributed by atoms with Gasteiger partial charge in [-0.2, -0.15) is 20.1 Å². The van der Waals surface area contributed by atoms with Crippen LogP contribution in [0.15, 0.2) is 84.0 Å². The molecule has 1 aromatic heterocycles. The Kier molecular flexibility index (Phi) is 8.02. The number of halogens is 1. The van der Waals surface area contributed by atoms with Crippen LogP contribution in [-0.2, 0) is 4.74 Å². The monoisotopic (exact) mass is 529 g/mol. The lowest BCUT2D eigenvalue weighted by molar-refractivity contribution is 0.0734. The summed E-state index contributed by atoms with van der Waals surface area (Å²) in [6.07, 6.45) is 1.62. The summed E-state index contributed by atoms with van der Waals surface area (Å²) in [6.45, 7) is 2.59. The Balaban J connectivity index is 1.25. The molecule has 192 valence electrons. The predicted molar refractivity (Wildman–Crippen MR) is 147 cm³/mol. The number of benzene rings is 3. The first-order chi connectivity index (χ1) is 18.6. The highest BCUT2D eigenvalue weighted by molar-refractivity contribution is 6.30. The first-order valence-electron chi connectivity index (χ1n) is 11.9. The molecule has 2 N–H and O–H groups in total. The summed E-state index contributed by atoms with van der Waals surface area (Å²) in [7, 11) is 0. The smallest absolute Gasteiger partial charge is 0.343 e. The Morgan fingerprint density at radius 1 is 0.921 bits per heavy atom. The van der Waals surface area contributed by atoms with Gasteiger partial charge in [0.2, 0.25) is 17.8 Å². The maximum absolute atomic E-state index is 12.3. The molecule has 0 unspecified atom stereocenters. The van der Waals surface area contributed by atoms with Gasteiger partial charge in [0.1, 0.15) is 5.75 Å². The molecule has 1 aliphatic heterocycles. The molecule has 10 nitrogen and oxygen atoms in total. The molecule has 1 fully saturated rings. The van der Waals surface area contributed by atoms with Crippen molar-refractivity contribution in [3.8, 4) is 5.75 Å². The average Bonchev–Trinajstić information content (AvgIpc) is 2.95. The van der Waals surface area contributed by atoms with E-state index in [0.29, 0.717) is 60.5 Å². The molecule has 2 heterocycles. The second-order valence-electron chi connectivity index (χ2n) is 8.21. The molecule has 0 bridgehead atoms. The quantitative estimate of drug-likeness (QED) is 0.144. The van der Waals surface area contributed by atoms with Crippen LogP contribution in [0.2, 0.25) is 5.02 Å². The van der Waals surface area contributed by atoms with Crippen LogP contribution in [-0.4, -0.2) is 53.4 Å². The van der Waals surface area contributed by atoms with Crippen LogP contribution in [0.1, 0.15) is 15.9 Å². The SMILES string of the molecule is O=C(Oc1ccc(C=NNc2nc(Nc3ccccc3)nc(N3CCOCC3)n2)cc1)c1ccc(Cl)cc1. The molecule has 0 aliphatic carbocycles. The summed E-state index contributed by atoms with van der Waals surface area (Å²) in [5.41, 5.74) is 4.95. The zero-order chi connectivity index (χ0) is 26.2. The third-order valence-corrected chi connectivity index (χ3v) is 5.75. The maximum atomic E-state index is 12.3. The highest BCUT2D eigenvalue weighted by atomic mass is 35.5. The van der Waals surface area contributed by atoms with E-state index in [0.717, 1.165) is 11.3 Å². The molecule has 5 rings (SSSR count). The molecule has 0 amide bonds. The number of nitrogens with one attached hydrogen (secondary N) is 2. The van der Waals surface area contributed by atoms with Crippen molar-refractivity contribution in [3.63, 3.8) is 0 Å². The molecule has 4 aromatic rings. The van der Waals surface area contributed by atoms with Gasteiger partial charge in [0.05, 0.1) is 25.0 Å². The van der Waals surface area contributed by atoms with Gasteiger partial charge in [0.25, 0.3) is 0 Å². The standard InChI is InChI=1S/C27H24ClN7O3/c28-21-10-8-20(9-11-21)24(36)38-23-12-6-19(7-13-23)18-29-34-26-31-25(30-22-4-2-1-3-5-22)32-27(33-26)35-14-16-37-17-15-35/h1-13,18H,14-17H2,(H2,30,31,32,33,34). The Bertz CT molecular complexity index is 1390. The van der Waals surface area contributed by atoms with Crippen molar-refractivity contribution in [2.45, 2.75) is 0 Å². The van der Waals surface area contributed by atoms with E-state index in [4.69, 9.17) is 21.1 Å². The van der Waals surface area contributed by atoms with Crippen LogP contribution in [0.3, 0.4) is 0 Å². The van der Waals surface area contributed by atoms with Crippen molar-refractivity contribution in [2.75, 3.05) is 41.9 Å². The van der Waals surface area contributed by atoms with Crippen LogP contribution < -0.4 is 20.4 Å². The van der Waals surface area contributed by atoms with Gasteiger partial charge in [-0.05, 0) is 66.2 Å². The summed E-state index contributed by atoms with van der Waals surface area (Å²) in [5, 5.41) is 8.03. The van der Waals surface area contributed by atoms with Gasteiger partial charge in [0.15, 0.2) is 0 Å². The molecule has 1 saturated heterocycles. The minimum Gasteiger partial charge on any atom is -0.423 e. The summed E-state index contributed by atoms with van der Waals surface area (Å²) in [5.74, 6) is 1.18. The van der Waals surface area contributed by atoms with Crippen molar-refractivity contribution in [1.82, 2.24) is 15.0 Å². The fourth-order valence-electron chi connectivity index (χ4n) is 3.56. The molecule has 38 heavy (non-hydrogen) atoms. The predicted octanol–water partition coefficient (Wildman–Crippen LogP) is 4.77. The lowest BCUT2D eigenvalue weighted by Gasteiger charge is -2.27. The van der Waals surface area contributed by atoms with Gasteiger partial charge >= 0.3 is 5.97 Å². The number of ether oxygens (including phenoxy) is 2. The van der Waals surface area contributed by atoms with Crippen LogP contribution >= 0.6 is 11.6 Å². The van der Waals surface area contributed by atoms with Gasteiger partial charge in [-0.25, -0.2) is 10.2 Å². The lowest BCUT2D eigenvalue weighted by atomic mass is 10.2. The number of hydrogen-bond acceptors (Lipinski definition) is 10. The van der Waals surface area contributed by atoms with Crippen LogP contribution in [0, 0.1) is 0 Å². The van der Waals surface area contributed by atoms with E-state index in [1.54, 1.807) is 54.7 Å². The number of carbonyl (C=O) groups excluding carboxylic acids is 1. The molecule has 0 spiro atoms. The maximum Gasteiger partial charge on any atom is 0.343 e. The number of rotatable bonds is 8. The molecule has 0 atom stereocenters. The van der Waals surface area contributed by atoms with Gasteiger partial charge in [-0.3, -0.25) is 0 Å². The zero-order valence-electron chi connectivity index (χ0n) is 20.3. The normalized spacial score (nSPS) is 13.3. The Labute approximate surface area is 224 Å². The summed E-state index contributed by atoms with van der Waals surface area (Å²) in [6, 6.07) is 23.1. The first kappa shape index (κ1) is 25.1. The highest BCUT2D eigenvalue weighted by Gasteiger charge is 2.17. The van der Waals surface area contributed by atoms with E-state index in [2.05, 4.69) is 30.8 Å². The molecule has 11 heteroatoms. The van der Waals surface area contributed by atoms with E-state index < -0.39 is 5.97 Å². The number of morpholine rings is 1. The third kappa shape index (κ3) is 6.81. The summed E-state index contributed by atoms with van der Waals surface area (Å²) in [4.78, 5) is 27.9. The van der Waals surface area contributed by atoms with E-state index in [-0.39, 0.29) is 0 Å². The molecular formula is C27H24ClN7O3. The van der Waals surface area contributed by atoms with Gasteiger partial charge < -0.3 is 19.7 Å². The van der Waals surface area contributed by atoms with E-state index in [1.807, 2.05) is 35.2 Å². The minimum atomic E-state index is -0.462. The number of esters is 1. The summed E-state index contributed by atoms with van der Waals surface area (Å²) >= 11 is 5.87. The van der Waals surface area contributed by atoms with Crippen LogP contribution in [0.25, 0.3) is 0 Å². The lowest BCUT2D eigenvalue weighted by Crippen LogP contribution is -2.37. The third-order valence-electron chi connectivity index (χ3n) is 5.50. The largest absolute Gasteiger partial charge is 0.423 e. The number of anilines is 4. The molecule has 1 aliphatic rings. The van der Waals surface area contributed by atoms with E-state index >= 15 is 0 Å². The molecule has 0 saturated carbocycles. The molecule has 0 radical (unpaired) electrons. The zero-order valence-corrected chi connectivity index (χ0v) is 21.0. The summed E-state index contributed by atoms with van der Waals surface area (Å²) < 4.78 is 10.9. The Morgan fingerprint density at radius 2 is 1.63 bits per heavy atom. The fraction of sp³-hybridized carbons (Fsp3) is 0.148. The Hall–Kier alpha value is -4.54. The van der Waals surface area contributed by atoms with Crippen LogP contribution in [0.5, 0.6) is 5.75 Å². The minimum absolute atomic E-state index is 0.296. The average molecular weight is 530 g/mol. The number of para-hydroxylation sites is 1. The topological polar surface area (TPSA) is 114 Å². The van der Waals surface area contributed by atoms with Crippen molar-refractivity contribution in [2.24, 2.45) is 5.10 Å². The van der Waals surface area contributed by atoms with Crippen molar-refractivity contribution in [3.05, 3.63) is 95.0 Å². The van der Waals surface area contributed by atoms with E-state index in [1.165, 1.54) is 0 Å². The fourth-order valence-corrected chi connectivity index (χ4v) is 3.69. The van der Waals surface area contributed by atoms with Crippen molar-refractivity contribution < 1.29 is 14.3 Å². The Morgan fingerprint density at radius 3 is 2.37 bits per heavy atom.